The second kappa shape index (κ2) is 7.40. The van der Waals surface area contributed by atoms with E-state index in [1.54, 1.807) is 12.1 Å². The molecule has 1 aromatic heterocycles. The molecule has 3 aromatic rings. The van der Waals surface area contributed by atoms with Crippen molar-refractivity contribution in [2.45, 2.75) is 26.3 Å². The summed E-state index contributed by atoms with van der Waals surface area (Å²) in [4.78, 5) is 10.9. The minimum atomic E-state index is -0.118. The molecular weight excluding hydrogens is 340 g/mol. The van der Waals surface area contributed by atoms with Crippen molar-refractivity contribution in [2.75, 3.05) is 26.0 Å². The lowest BCUT2D eigenvalue weighted by atomic mass is 10.1. The fourth-order valence-corrected chi connectivity index (χ4v) is 2.56. The van der Waals surface area contributed by atoms with Crippen molar-refractivity contribution < 1.29 is 9.84 Å². The van der Waals surface area contributed by atoms with E-state index in [0.29, 0.717) is 12.4 Å². The molecule has 0 spiro atoms. The second-order valence-electron chi connectivity index (χ2n) is 7.44. The van der Waals surface area contributed by atoms with E-state index in [1.807, 2.05) is 45.3 Å². The maximum absolute atomic E-state index is 9.97. The molecule has 0 aliphatic carbocycles. The molecule has 3 rings (SSSR count). The average molecular weight is 366 g/mol. The minimum Gasteiger partial charge on any atom is -0.508 e. The predicted octanol–water partition coefficient (Wildman–Crippen LogP) is 4.11. The van der Waals surface area contributed by atoms with Gasteiger partial charge in [-0.05, 0) is 59.1 Å². The van der Waals surface area contributed by atoms with E-state index in [-0.39, 0.29) is 11.3 Å². The number of benzene rings is 2. The Balaban J connectivity index is 2.00. The molecule has 0 amide bonds. The number of nitrogens with zero attached hydrogens (tertiary/aromatic N) is 3. The summed E-state index contributed by atoms with van der Waals surface area (Å²) in [5, 5.41) is 14.1. The first-order valence-corrected chi connectivity index (χ1v) is 8.89. The molecule has 6 heteroatoms. The Morgan fingerprint density at radius 2 is 1.85 bits per heavy atom. The molecule has 0 radical (unpaired) electrons. The molecular formula is C21H26N4O2. The van der Waals surface area contributed by atoms with Crippen LogP contribution in [0.3, 0.4) is 0 Å². The van der Waals surface area contributed by atoms with Crippen LogP contribution in [-0.4, -0.2) is 46.2 Å². The van der Waals surface area contributed by atoms with Crippen LogP contribution in [0.4, 0.5) is 11.5 Å². The SMILES string of the molecule is Cc1c(O)cccc1Nc1ncnc2cccc(OCC(C)(C)N(C)C)c12. The van der Waals surface area contributed by atoms with Gasteiger partial charge in [0.15, 0.2) is 0 Å². The summed E-state index contributed by atoms with van der Waals surface area (Å²) >= 11 is 0. The number of phenols is 1. The first-order valence-electron chi connectivity index (χ1n) is 8.89. The van der Waals surface area contributed by atoms with Gasteiger partial charge in [0.1, 0.15) is 30.3 Å². The number of aromatic hydroxyl groups is 1. The van der Waals surface area contributed by atoms with Crippen molar-refractivity contribution in [3.05, 3.63) is 48.3 Å². The molecule has 0 bridgehead atoms. The molecule has 0 atom stereocenters. The van der Waals surface area contributed by atoms with Crippen molar-refractivity contribution in [3.63, 3.8) is 0 Å². The van der Waals surface area contributed by atoms with Crippen molar-refractivity contribution in [2.24, 2.45) is 0 Å². The molecule has 2 aromatic carbocycles. The summed E-state index contributed by atoms with van der Waals surface area (Å²) in [7, 11) is 4.07. The predicted molar refractivity (Wildman–Crippen MR) is 109 cm³/mol. The summed E-state index contributed by atoms with van der Waals surface area (Å²) in [5.41, 5.74) is 2.23. The van der Waals surface area contributed by atoms with Crippen LogP contribution in [0.2, 0.25) is 0 Å². The zero-order valence-corrected chi connectivity index (χ0v) is 16.4. The molecule has 1 heterocycles. The lowest BCUT2D eigenvalue weighted by molar-refractivity contribution is 0.115. The van der Waals surface area contributed by atoms with Crippen LogP contribution in [-0.2, 0) is 0 Å². The Kier molecular flexibility index (Phi) is 5.19. The van der Waals surface area contributed by atoms with Gasteiger partial charge in [-0.3, -0.25) is 0 Å². The van der Waals surface area contributed by atoms with E-state index < -0.39 is 0 Å². The van der Waals surface area contributed by atoms with Crippen molar-refractivity contribution >= 4 is 22.4 Å². The third kappa shape index (κ3) is 3.95. The molecule has 0 saturated carbocycles. The molecule has 2 N–H and O–H groups in total. The number of nitrogens with one attached hydrogen (secondary N) is 1. The van der Waals surface area contributed by atoms with Gasteiger partial charge in [-0.25, -0.2) is 9.97 Å². The third-order valence-electron chi connectivity index (χ3n) is 4.97. The molecule has 0 unspecified atom stereocenters. The summed E-state index contributed by atoms with van der Waals surface area (Å²) in [6.07, 6.45) is 1.52. The van der Waals surface area contributed by atoms with Crippen LogP contribution in [0.15, 0.2) is 42.7 Å². The number of hydrogen-bond donors (Lipinski definition) is 2. The molecule has 27 heavy (non-hydrogen) atoms. The zero-order chi connectivity index (χ0) is 19.6. The molecule has 142 valence electrons. The highest BCUT2D eigenvalue weighted by Gasteiger charge is 2.22. The average Bonchev–Trinajstić information content (AvgIpc) is 2.63. The fourth-order valence-electron chi connectivity index (χ4n) is 2.56. The summed E-state index contributed by atoms with van der Waals surface area (Å²) in [6, 6.07) is 11.2. The van der Waals surface area contributed by atoms with E-state index in [1.165, 1.54) is 6.33 Å². The Morgan fingerprint density at radius 3 is 2.59 bits per heavy atom. The first-order chi connectivity index (χ1) is 12.8. The van der Waals surface area contributed by atoms with Crippen LogP contribution >= 0.6 is 0 Å². The standard InChI is InChI=1S/C21H26N4O2/c1-14-15(8-6-10-17(14)26)24-20-19-16(22-13-23-20)9-7-11-18(19)27-12-21(2,3)25(4)5/h6-11,13,26H,12H2,1-5H3,(H,22,23,24). The quantitative estimate of drug-likeness (QED) is 0.684. The number of ether oxygens (including phenoxy) is 1. The van der Waals surface area contributed by atoms with Gasteiger partial charge in [-0.2, -0.15) is 0 Å². The fraction of sp³-hybridized carbons (Fsp3) is 0.333. The number of aromatic nitrogens is 2. The van der Waals surface area contributed by atoms with Gasteiger partial charge in [0.2, 0.25) is 0 Å². The van der Waals surface area contributed by atoms with Gasteiger partial charge in [0.25, 0.3) is 0 Å². The van der Waals surface area contributed by atoms with Gasteiger partial charge < -0.3 is 20.1 Å². The lowest BCUT2D eigenvalue weighted by Crippen LogP contribution is -2.43. The van der Waals surface area contributed by atoms with Crippen molar-refractivity contribution in [1.82, 2.24) is 14.9 Å². The highest BCUT2D eigenvalue weighted by molar-refractivity contribution is 5.96. The summed E-state index contributed by atoms with van der Waals surface area (Å²) in [6.45, 7) is 6.64. The maximum Gasteiger partial charge on any atom is 0.145 e. The van der Waals surface area contributed by atoms with Crippen LogP contribution < -0.4 is 10.1 Å². The number of fused-ring (bicyclic) bond motifs is 1. The Bertz CT molecular complexity index is 949. The Labute approximate surface area is 159 Å². The third-order valence-corrected chi connectivity index (χ3v) is 4.97. The largest absolute Gasteiger partial charge is 0.508 e. The summed E-state index contributed by atoms with van der Waals surface area (Å²) < 4.78 is 6.17. The normalized spacial score (nSPS) is 11.8. The monoisotopic (exact) mass is 366 g/mol. The van der Waals surface area contributed by atoms with Gasteiger partial charge in [0, 0.05) is 16.8 Å². The first kappa shape index (κ1) is 18.9. The number of likely N-dealkylation sites (N-methyl/N-ethyl adjacent to an activating group) is 1. The second-order valence-corrected chi connectivity index (χ2v) is 7.44. The molecule has 0 saturated heterocycles. The van der Waals surface area contributed by atoms with Gasteiger partial charge in [0.05, 0.1) is 10.9 Å². The van der Waals surface area contributed by atoms with E-state index in [9.17, 15) is 5.11 Å². The minimum absolute atomic E-state index is 0.118. The van der Waals surface area contributed by atoms with Crippen molar-refractivity contribution in [1.29, 1.82) is 0 Å². The van der Waals surface area contributed by atoms with Gasteiger partial charge >= 0.3 is 0 Å². The highest BCUT2D eigenvalue weighted by Crippen LogP contribution is 2.34. The molecule has 6 nitrogen and oxygen atoms in total. The van der Waals surface area contributed by atoms with Crippen LogP contribution in [0.25, 0.3) is 10.9 Å². The maximum atomic E-state index is 9.97. The smallest absolute Gasteiger partial charge is 0.145 e. The molecule has 0 aliphatic rings. The zero-order valence-electron chi connectivity index (χ0n) is 16.4. The van der Waals surface area contributed by atoms with Crippen LogP contribution in [0.5, 0.6) is 11.5 Å². The summed E-state index contributed by atoms with van der Waals surface area (Å²) in [5.74, 6) is 1.61. The van der Waals surface area contributed by atoms with Gasteiger partial charge in [-0.15, -0.1) is 0 Å². The van der Waals surface area contributed by atoms with E-state index >= 15 is 0 Å². The Hall–Kier alpha value is -2.86. The number of phenolic OH excluding ortho intramolecular Hbond substituents is 1. The highest BCUT2D eigenvalue weighted by atomic mass is 16.5. The number of anilines is 2. The van der Waals surface area contributed by atoms with E-state index in [0.717, 1.165) is 27.9 Å². The molecule has 0 fully saturated rings. The topological polar surface area (TPSA) is 70.5 Å². The number of hydrogen-bond acceptors (Lipinski definition) is 6. The van der Waals surface area contributed by atoms with Crippen LogP contribution in [0, 0.1) is 6.92 Å². The Morgan fingerprint density at radius 1 is 1.11 bits per heavy atom. The van der Waals surface area contributed by atoms with E-state index in [4.69, 9.17) is 4.74 Å². The number of rotatable bonds is 6. The lowest BCUT2D eigenvalue weighted by Gasteiger charge is -2.32. The van der Waals surface area contributed by atoms with Gasteiger partial charge in [-0.1, -0.05) is 12.1 Å². The van der Waals surface area contributed by atoms with E-state index in [2.05, 4.69) is 34.0 Å². The van der Waals surface area contributed by atoms with Crippen molar-refractivity contribution in [3.8, 4) is 11.5 Å². The molecule has 0 aliphatic heterocycles. The van der Waals surface area contributed by atoms with Crippen LogP contribution in [0.1, 0.15) is 19.4 Å².